The van der Waals surface area contributed by atoms with Crippen LogP contribution in [0.2, 0.25) is 0 Å². The normalized spacial score (nSPS) is 17.3. The van der Waals surface area contributed by atoms with Gasteiger partial charge in [0, 0.05) is 56.0 Å². The SMILES string of the molecule is C=CCOC(=O)N[C@@H](CCCCNC(=O)OC(C)(C)C)C(=O)Cc1ccc(COC(=O)N2c3cc(OCCCCCC(=O)N4C[C@@H](CCl)c5c4cc(CC)c4ccccc54)c(C)cc3C(=O)N3CCC[C@H]3C2O)cc1. The van der Waals surface area contributed by atoms with Gasteiger partial charge in [0.05, 0.1) is 29.9 Å². The number of ketones is 1. The van der Waals surface area contributed by atoms with Gasteiger partial charge in [0.1, 0.15) is 24.6 Å². The third kappa shape index (κ3) is 14.0. The summed E-state index contributed by atoms with van der Waals surface area (Å²) < 4.78 is 22.5. The summed E-state index contributed by atoms with van der Waals surface area (Å²) in [6.07, 6.45) is 3.74. The first kappa shape index (κ1) is 56.1. The van der Waals surface area contributed by atoms with E-state index in [2.05, 4.69) is 42.3 Å². The molecule has 0 aliphatic carbocycles. The summed E-state index contributed by atoms with van der Waals surface area (Å²) in [5.41, 5.74) is 5.10. The largest absolute Gasteiger partial charge is 0.493 e. The highest BCUT2D eigenvalue weighted by molar-refractivity contribution is 6.19. The zero-order valence-corrected chi connectivity index (χ0v) is 44.7. The molecule has 4 aromatic carbocycles. The molecule has 0 radical (unpaired) electrons. The Hall–Kier alpha value is -6.65. The molecule has 0 bridgehead atoms. The lowest BCUT2D eigenvalue weighted by Gasteiger charge is -2.31. The molecule has 402 valence electrons. The van der Waals surface area contributed by atoms with Crippen molar-refractivity contribution in [2.24, 2.45) is 0 Å². The Morgan fingerprint density at radius 2 is 1.67 bits per heavy atom. The van der Waals surface area contributed by atoms with Gasteiger partial charge in [0.25, 0.3) is 5.91 Å². The highest BCUT2D eigenvalue weighted by atomic mass is 35.5. The molecule has 17 heteroatoms. The number of benzene rings is 4. The van der Waals surface area contributed by atoms with Crippen molar-refractivity contribution in [1.82, 2.24) is 15.5 Å². The molecule has 7 rings (SSSR count). The van der Waals surface area contributed by atoms with Crippen LogP contribution in [-0.4, -0.2) is 109 Å². The summed E-state index contributed by atoms with van der Waals surface area (Å²) in [6.45, 7) is 14.3. The summed E-state index contributed by atoms with van der Waals surface area (Å²) in [6, 6.07) is 19.3. The second-order valence-corrected chi connectivity index (χ2v) is 20.8. The summed E-state index contributed by atoms with van der Waals surface area (Å²) in [4.78, 5) is 84.6. The maximum absolute atomic E-state index is 14.1. The first-order valence-electron chi connectivity index (χ1n) is 26.3. The number of rotatable bonds is 22. The monoisotopic (exact) mass is 1050 g/mol. The minimum absolute atomic E-state index is 0.00339. The third-order valence-electron chi connectivity index (χ3n) is 13.9. The molecule has 0 spiro atoms. The number of hydrogen-bond acceptors (Lipinski definition) is 11. The number of amides is 5. The van der Waals surface area contributed by atoms with E-state index in [1.807, 2.05) is 24.0 Å². The fourth-order valence-electron chi connectivity index (χ4n) is 10.2. The van der Waals surface area contributed by atoms with Gasteiger partial charge in [-0.25, -0.2) is 19.3 Å². The number of nitrogens with one attached hydrogen (secondary N) is 2. The van der Waals surface area contributed by atoms with Gasteiger partial charge in [-0.1, -0.05) is 68.1 Å². The maximum atomic E-state index is 14.1. The number of halogens is 1. The van der Waals surface area contributed by atoms with Crippen LogP contribution in [0.15, 0.2) is 79.4 Å². The van der Waals surface area contributed by atoms with Crippen molar-refractivity contribution >= 4 is 69.6 Å². The van der Waals surface area contributed by atoms with Crippen molar-refractivity contribution in [3.05, 3.63) is 113 Å². The molecule has 4 atom stereocenters. The second-order valence-electron chi connectivity index (χ2n) is 20.5. The molecule has 1 unspecified atom stereocenters. The zero-order chi connectivity index (χ0) is 53.8. The molecule has 75 heavy (non-hydrogen) atoms. The van der Waals surface area contributed by atoms with Crippen LogP contribution in [0.1, 0.15) is 130 Å². The number of nitrogens with zero attached hydrogens (tertiary/aromatic N) is 3. The Balaban J connectivity index is 0.945. The summed E-state index contributed by atoms with van der Waals surface area (Å²) in [7, 11) is 0. The quantitative estimate of drug-likeness (QED) is 0.0294. The molecule has 4 aromatic rings. The number of alkyl carbamates (subject to hydrolysis) is 2. The highest BCUT2D eigenvalue weighted by Crippen LogP contribution is 2.44. The number of anilines is 2. The van der Waals surface area contributed by atoms with Crippen LogP contribution in [0.25, 0.3) is 10.8 Å². The van der Waals surface area contributed by atoms with Crippen LogP contribution in [0, 0.1) is 6.92 Å². The fraction of sp³-hybridized carbons (Fsp3) is 0.483. The van der Waals surface area contributed by atoms with Gasteiger partial charge < -0.3 is 44.5 Å². The number of fused-ring (bicyclic) bond motifs is 5. The molecule has 16 nitrogen and oxygen atoms in total. The van der Waals surface area contributed by atoms with E-state index >= 15 is 0 Å². The van der Waals surface area contributed by atoms with Crippen molar-refractivity contribution in [3.8, 4) is 5.75 Å². The molecular weight excluding hydrogens is 978 g/mol. The maximum Gasteiger partial charge on any atom is 0.416 e. The molecule has 3 heterocycles. The molecule has 0 saturated carbocycles. The third-order valence-corrected chi connectivity index (χ3v) is 14.3. The van der Waals surface area contributed by atoms with E-state index in [9.17, 15) is 33.9 Å². The molecule has 1 saturated heterocycles. The number of alkyl halides is 1. The van der Waals surface area contributed by atoms with Gasteiger partial charge in [0.2, 0.25) is 5.91 Å². The highest BCUT2D eigenvalue weighted by Gasteiger charge is 2.45. The number of aryl methyl sites for hydroxylation is 2. The van der Waals surface area contributed by atoms with Crippen LogP contribution >= 0.6 is 11.6 Å². The number of aliphatic hydroxyl groups is 1. The Labute approximate surface area is 445 Å². The standard InChI is InChI=1S/C58H72ClN5O11/c1-7-28-73-56(70)61-45(19-13-14-26-60-55(69)75-58(4,5)6)49(65)31-38-22-24-39(25-23-38)36-74-57(71)64-47-33-50(37(3)30-44(47)53(67)62-27-16-20-46(62)54(64)68)72-29-15-9-10-21-51(66)63-35-41(34-59)52-43-18-12-11-17-42(43)40(8-2)32-48(52)63/h7,11-12,17-18,22-25,30,32-33,41,45-46,54,68H,1,8-10,13-16,19-21,26-29,31,34-36H2,2-6H3,(H,60,69)(H,61,70)/t41-,45+,46+,54?/m1/s1. The smallest absolute Gasteiger partial charge is 0.416 e. The predicted octanol–water partition coefficient (Wildman–Crippen LogP) is 10.2. The summed E-state index contributed by atoms with van der Waals surface area (Å²) in [5.74, 6) is 0.487. The predicted molar refractivity (Wildman–Crippen MR) is 289 cm³/mol. The van der Waals surface area contributed by atoms with Crippen LogP contribution in [0.4, 0.5) is 25.8 Å². The van der Waals surface area contributed by atoms with Crippen LogP contribution in [0.3, 0.4) is 0 Å². The number of ether oxygens (including phenoxy) is 4. The minimum atomic E-state index is -1.39. The lowest BCUT2D eigenvalue weighted by molar-refractivity contribution is -0.120. The van der Waals surface area contributed by atoms with E-state index in [0.29, 0.717) is 106 Å². The van der Waals surface area contributed by atoms with Crippen molar-refractivity contribution in [1.29, 1.82) is 0 Å². The molecule has 3 aliphatic rings. The van der Waals surface area contributed by atoms with Gasteiger partial charge in [-0.15, -0.1) is 11.6 Å². The Kier molecular flexibility index (Phi) is 19.2. The van der Waals surface area contributed by atoms with E-state index in [-0.39, 0.29) is 54.4 Å². The van der Waals surface area contributed by atoms with E-state index < -0.39 is 42.2 Å². The van der Waals surface area contributed by atoms with Gasteiger partial charge in [-0.2, -0.15) is 0 Å². The topological polar surface area (TPSA) is 193 Å². The van der Waals surface area contributed by atoms with Gasteiger partial charge in [-0.05, 0) is 136 Å². The summed E-state index contributed by atoms with van der Waals surface area (Å²) in [5, 5.41) is 19.6. The number of Topliss-reactive ketones (excluding diaryl/α,β-unsaturated/α-hetero) is 1. The molecule has 5 amide bonds. The van der Waals surface area contributed by atoms with Gasteiger partial charge in [0.15, 0.2) is 12.0 Å². The van der Waals surface area contributed by atoms with Crippen LogP contribution in [0.5, 0.6) is 5.75 Å². The van der Waals surface area contributed by atoms with E-state index in [1.54, 1.807) is 62.1 Å². The van der Waals surface area contributed by atoms with Crippen LogP contribution < -0.4 is 25.2 Å². The molecule has 1 fully saturated rings. The average Bonchev–Trinajstić information content (AvgIpc) is 4.03. The van der Waals surface area contributed by atoms with Gasteiger partial charge in [-0.3, -0.25) is 14.4 Å². The number of carbonyl (C=O) groups is 6. The first-order chi connectivity index (χ1) is 36.0. The Morgan fingerprint density at radius 1 is 0.920 bits per heavy atom. The number of unbranched alkanes of at least 4 members (excludes halogenated alkanes) is 3. The number of aliphatic hydroxyl groups excluding tert-OH is 1. The zero-order valence-electron chi connectivity index (χ0n) is 43.9. The Morgan fingerprint density at radius 3 is 2.39 bits per heavy atom. The Bertz CT molecular complexity index is 2720. The lowest BCUT2D eigenvalue weighted by atomic mass is 9.92. The summed E-state index contributed by atoms with van der Waals surface area (Å²) >= 11 is 6.48. The second kappa shape index (κ2) is 25.7. The fourth-order valence-corrected chi connectivity index (χ4v) is 10.4. The van der Waals surface area contributed by atoms with E-state index in [0.717, 1.165) is 34.4 Å². The molecular formula is C58H72ClN5O11. The lowest BCUT2D eigenvalue weighted by Crippen LogP contribution is -2.50. The van der Waals surface area contributed by atoms with Gasteiger partial charge >= 0.3 is 18.3 Å². The first-order valence-corrected chi connectivity index (χ1v) is 26.8. The van der Waals surface area contributed by atoms with Crippen molar-refractivity contribution in [2.75, 3.05) is 48.5 Å². The average molecular weight is 1050 g/mol. The van der Waals surface area contributed by atoms with Crippen molar-refractivity contribution in [3.63, 3.8) is 0 Å². The van der Waals surface area contributed by atoms with Crippen molar-refractivity contribution in [2.45, 2.75) is 142 Å². The van der Waals surface area contributed by atoms with E-state index in [4.69, 9.17) is 30.5 Å². The number of carbonyl (C=O) groups excluding carboxylic acids is 6. The minimum Gasteiger partial charge on any atom is -0.493 e. The molecule has 3 N–H and O–H groups in total. The molecule has 0 aromatic heterocycles. The van der Waals surface area contributed by atoms with Crippen LogP contribution in [-0.2, 0) is 43.2 Å². The van der Waals surface area contributed by atoms with Crippen molar-refractivity contribution < 1.29 is 52.8 Å². The van der Waals surface area contributed by atoms with E-state index in [1.165, 1.54) is 17.0 Å². The molecule has 3 aliphatic heterocycles. The number of hydrogen-bond donors (Lipinski definition) is 3.